The van der Waals surface area contributed by atoms with Gasteiger partial charge in [0.1, 0.15) is 6.33 Å². The number of nitrogens with one attached hydrogen (secondary N) is 1. The molecule has 2 aromatic rings. The topological polar surface area (TPSA) is 42.2 Å². The fraction of sp³-hybridized carbons (Fsp3) is 0.143. The van der Waals surface area contributed by atoms with Crippen molar-refractivity contribution in [3.63, 3.8) is 0 Å². The Labute approximate surface area is 74.1 Å². The van der Waals surface area contributed by atoms with Gasteiger partial charge in [0.25, 0.3) is 0 Å². The van der Waals surface area contributed by atoms with Crippen LogP contribution in [0.3, 0.4) is 0 Å². The molecule has 4 nitrogen and oxygen atoms in total. The zero-order valence-electron chi connectivity index (χ0n) is 6.56. The second-order valence-corrected chi connectivity index (χ2v) is 2.93. The lowest BCUT2D eigenvalue weighted by Crippen LogP contribution is -1.87. The van der Waals surface area contributed by atoms with Crippen LogP contribution in [0.5, 0.6) is 0 Å². The van der Waals surface area contributed by atoms with Crippen molar-refractivity contribution in [1.29, 1.82) is 0 Å². The van der Waals surface area contributed by atoms with Gasteiger partial charge in [-0.15, -0.1) is 10.2 Å². The van der Waals surface area contributed by atoms with Crippen molar-refractivity contribution in [2.24, 2.45) is 0 Å². The highest BCUT2D eigenvalue weighted by atomic mass is 32.2. The predicted molar refractivity (Wildman–Crippen MR) is 50.1 cm³/mol. The number of fused-ring (bicyclic) bond motifs is 1. The van der Waals surface area contributed by atoms with Crippen LogP contribution >= 0.6 is 11.9 Å². The molecular formula is C7H8N4S. The molecule has 2 heterocycles. The van der Waals surface area contributed by atoms with E-state index in [1.54, 1.807) is 18.3 Å². The van der Waals surface area contributed by atoms with Gasteiger partial charge in [0, 0.05) is 24.2 Å². The van der Waals surface area contributed by atoms with Crippen LogP contribution in [0.25, 0.3) is 5.65 Å². The molecule has 1 N–H and O–H groups in total. The first-order valence-corrected chi connectivity index (χ1v) is 4.71. The zero-order valence-corrected chi connectivity index (χ0v) is 7.38. The van der Waals surface area contributed by atoms with Gasteiger partial charge in [0.2, 0.25) is 0 Å². The molecule has 0 saturated heterocycles. The van der Waals surface area contributed by atoms with Crippen molar-refractivity contribution in [3.05, 3.63) is 24.7 Å². The minimum absolute atomic E-state index is 0.856. The molecule has 0 amide bonds. The number of aromatic nitrogens is 3. The Hall–Kier alpha value is -1.23. The third-order valence-corrected chi connectivity index (χ3v) is 1.96. The van der Waals surface area contributed by atoms with Crippen LogP contribution in [0.2, 0.25) is 0 Å². The van der Waals surface area contributed by atoms with E-state index in [1.165, 1.54) is 0 Å². The molecular weight excluding hydrogens is 172 g/mol. The second kappa shape index (κ2) is 3.02. The molecule has 0 unspecified atom stereocenters. The van der Waals surface area contributed by atoms with Gasteiger partial charge >= 0.3 is 0 Å². The number of rotatable bonds is 2. The quantitative estimate of drug-likeness (QED) is 0.710. The second-order valence-electron chi connectivity index (χ2n) is 2.32. The molecule has 0 radical (unpaired) electrons. The third-order valence-electron chi connectivity index (χ3n) is 1.52. The molecule has 5 heteroatoms. The molecule has 62 valence electrons. The first-order chi connectivity index (χ1) is 5.90. The highest BCUT2D eigenvalue weighted by molar-refractivity contribution is 7.99. The van der Waals surface area contributed by atoms with Gasteiger partial charge in [0.15, 0.2) is 5.65 Å². The largest absolute Gasteiger partial charge is 0.330 e. The van der Waals surface area contributed by atoms with Crippen molar-refractivity contribution in [2.75, 3.05) is 11.0 Å². The molecule has 0 spiro atoms. The van der Waals surface area contributed by atoms with Gasteiger partial charge in [-0.3, -0.25) is 4.40 Å². The van der Waals surface area contributed by atoms with E-state index in [-0.39, 0.29) is 0 Å². The van der Waals surface area contributed by atoms with Crippen molar-refractivity contribution in [2.45, 2.75) is 0 Å². The van der Waals surface area contributed by atoms with Crippen LogP contribution in [-0.2, 0) is 0 Å². The number of hydrogen-bond acceptors (Lipinski definition) is 4. The van der Waals surface area contributed by atoms with Crippen molar-refractivity contribution in [3.8, 4) is 0 Å². The Kier molecular flexibility index (Phi) is 1.87. The van der Waals surface area contributed by atoms with E-state index in [9.17, 15) is 0 Å². The summed E-state index contributed by atoms with van der Waals surface area (Å²) in [4.78, 5) is 0. The molecule has 0 aliphatic heterocycles. The summed E-state index contributed by atoms with van der Waals surface area (Å²) in [5.41, 5.74) is 1.90. The fourth-order valence-corrected chi connectivity index (χ4v) is 1.36. The van der Waals surface area contributed by atoms with Gasteiger partial charge in [0.05, 0.1) is 0 Å². The number of pyridine rings is 1. The highest BCUT2D eigenvalue weighted by Gasteiger charge is 1.95. The normalized spacial score (nSPS) is 10.4. The van der Waals surface area contributed by atoms with E-state index < -0.39 is 0 Å². The summed E-state index contributed by atoms with van der Waals surface area (Å²) in [6.07, 6.45) is 5.58. The summed E-state index contributed by atoms with van der Waals surface area (Å²) in [5, 5.41) is 7.71. The molecule has 0 aliphatic rings. The zero-order chi connectivity index (χ0) is 8.39. The maximum atomic E-state index is 3.93. The average molecular weight is 180 g/mol. The molecule has 12 heavy (non-hydrogen) atoms. The average Bonchev–Trinajstić information content (AvgIpc) is 2.51. The summed E-state index contributed by atoms with van der Waals surface area (Å²) in [7, 11) is 0. The van der Waals surface area contributed by atoms with E-state index >= 15 is 0 Å². The van der Waals surface area contributed by atoms with Crippen LogP contribution in [0.1, 0.15) is 0 Å². The Morgan fingerprint density at radius 1 is 1.58 bits per heavy atom. The molecule has 2 aromatic heterocycles. The predicted octanol–water partition coefficient (Wildman–Crippen LogP) is 1.42. The van der Waals surface area contributed by atoms with Crippen LogP contribution in [0, 0.1) is 0 Å². The van der Waals surface area contributed by atoms with Gasteiger partial charge in [-0.2, -0.15) is 0 Å². The van der Waals surface area contributed by atoms with Gasteiger partial charge < -0.3 is 4.72 Å². The lowest BCUT2D eigenvalue weighted by atomic mass is 10.4. The third kappa shape index (κ3) is 1.23. The van der Waals surface area contributed by atoms with Crippen molar-refractivity contribution >= 4 is 23.3 Å². The maximum Gasteiger partial charge on any atom is 0.162 e. The summed E-state index contributed by atoms with van der Waals surface area (Å²) in [5.74, 6) is 0. The first-order valence-electron chi connectivity index (χ1n) is 3.48. The maximum absolute atomic E-state index is 3.93. The van der Waals surface area contributed by atoms with E-state index in [0.717, 1.165) is 11.3 Å². The summed E-state index contributed by atoms with van der Waals surface area (Å²) >= 11 is 1.56. The van der Waals surface area contributed by atoms with Gasteiger partial charge in [-0.1, -0.05) is 11.9 Å². The van der Waals surface area contributed by atoms with Crippen LogP contribution in [-0.4, -0.2) is 20.9 Å². The van der Waals surface area contributed by atoms with E-state index in [1.807, 2.05) is 29.0 Å². The van der Waals surface area contributed by atoms with E-state index in [4.69, 9.17) is 0 Å². The van der Waals surface area contributed by atoms with Gasteiger partial charge in [-0.05, 0) is 6.07 Å². The SMILES string of the molecule is CSNc1ccn2cnnc2c1. The Bertz CT molecular complexity index is 384. The van der Waals surface area contributed by atoms with Crippen LogP contribution in [0.15, 0.2) is 24.7 Å². The molecule has 0 atom stereocenters. The monoisotopic (exact) mass is 180 g/mol. The summed E-state index contributed by atoms with van der Waals surface area (Å²) in [6.45, 7) is 0. The molecule has 0 aliphatic carbocycles. The lowest BCUT2D eigenvalue weighted by molar-refractivity contribution is 1.10. The number of hydrogen-bond donors (Lipinski definition) is 1. The Morgan fingerprint density at radius 2 is 2.50 bits per heavy atom. The first kappa shape index (κ1) is 7.42. The van der Waals surface area contributed by atoms with Crippen molar-refractivity contribution < 1.29 is 0 Å². The lowest BCUT2D eigenvalue weighted by Gasteiger charge is -2.00. The minimum Gasteiger partial charge on any atom is -0.330 e. The number of nitrogens with zero attached hydrogens (tertiary/aromatic N) is 3. The Morgan fingerprint density at radius 3 is 3.33 bits per heavy atom. The van der Waals surface area contributed by atoms with Gasteiger partial charge in [-0.25, -0.2) is 0 Å². The molecule has 0 aromatic carbocycles. The Balaban J connectivity index is 2.46. The molecule has 0 fully saturated rings. The van der Waals surface area contributed by atoms with Crippen LogP contribution < -0.4 is 4.72 Å². The van der Waals surface area contributed by atoms with E-state index in [2.05, 4.69) is 14.9 Å². The molecule has 0 bridgehead atoms. The fourth-order valence-electron chi connectivity index (χ4n) is 0.999. The molecule has 2 rings (SSSR count). The standard InChI is InChI=1S/C7H8N4S/c1-12-10-6-2-3-11-5-8-9-7(11)4-6/h2-5,10H,1H3. The van der Waals surface area contributed by atoms with E-state index in [0.29, 0.717) is 0 Å². The van der Waals surface area contributed by atoms with Crippen LogP contribution in [0.4, 0.5) is 5.69 Å². The highest BCUT2D eigenvalue weighted by Crippen LogP contribution is 2.12. The smallest absolute Gasteiger partial charge is 0.162 e. The van der Waals surface area contributed by atoms with Crippen molar-refractivity contribution in [1.82, 2.24) is 14.6 Å². The summed E-state index contributed by atoms with van der Waals surface area (Å²) in [6, 6.07) is 3.93. The minimum atomic E-state index is 0.856. The number of anilines is 1. The molecule has 0 saturated carbocycles. The summed E-state index contributed by atoms with van der Waals surface area (Å²) < 4.78 is 4.99.